The van der Waals surface area contributed by atoms with Gasteiger partial charge < -0.3 is 15.6 Å². The maximum Gasteiger partial charge on any atom is 0.171 e. The molecule has 0 atom stereocenters. The fourth-order valence-corrected chi connectivity index (χ4v) is 2.56. The predicted octanol–water partition coefficient (Wildman–Crippen LogP) is 2.23. The number of thiophene rings is 1. The van der Waals surface area contributed by atoms with Gasteiger partial charge in [0.25, 0.3) is 0 Å². The lowest BCUT2D eigenvalue weighted by molar-refractivity contribution is 0.102. The minimum atomic E-state index is 0.0176. The van der Waals surface area contributed by atoms with Crippen LogP contribution in [0.1, 0.15) is 23.0 Å². The summed E-state index contributed by atoms with van der Waals surface area (Å²) >= 11 is 1.41. The van der Waals surface area contributed by atoms with Crippen molar-refractivity contribution in [1.82, 2.24) is 9.55 Å². The first-order chi connectivity index (χ1) is 8.66. The SMILES string of the molecule is CC(=O)c1sc(NCCCn2ccnc2)cc1N. The van der Waals surface area contributed by atoms with Crippen LogP contribution in [-0.2, 0) is 6.54 Å². The van der Waals surface area contributed by atoms with Crippen LogP contribution in [0.2, 0.25) is 0 Å². The summed E-state index contributed by atoms with van der Waals surface area (Å²) in [6.07, 6.45) is 6.50. The Bertz CT molecular complexity index is 518. The van der Waals surface area contributed by atoms with Gasteiger partial charge in [-0.15, -0.1) is 11.3 Å². The van der Waals surface area contributed by atoms with Crippen molar-refractivity contribution in [2.75, 3.05) is 17.6 Å². The molecule has 96 valence electrons. The number of nitrogen functional groups attached to an aromatic ring is 1. The summed E-state index contributed by atoms with van der Waals surface area (Å²) in [5.74, 6) is 0.0176. The maximum absolute atomic E-state index is 11.3. The summed E-state index contributed by atoms with van der Waals surface area (Å²) in [5.41, 5.74) is 6.32. The number of aryl methyl sites for hydroxylation is 1. The first-order valence-corrected chi connectivity index (χ1v) is 6.58. The molecule has 0 amide bonds. The number of hydrogen-bond donors (Lipinski definition) is 2. The fraction of sp³-hybridized carbons (Fsp3) is 0.333. The Labute approximate surface area is 110 Å². The van der Waals surface area contributed by atoms with Gasteiger partial charge in [-0.2, -0.15) is 0 Å². The van der Waals surface area contributed by atoms with Gasteiger partial charge in [-0.25, -0.2) is 4.98 Å². The monoisotopic (exact) mass is 264 g/mol. The number of rotatable bonds is 6. The Morgan fingerprint density at radius 2 is 2.44 bits per heavy atom. The van der Waals surface area contributed by atoms with Gasteiger partial charge in [0.15, 0.2) is 5.78 Å². The summed E-state index contributed by atoms with van der Waals surface area (Å²) in [7, 11) is 0. The topological polar surface area (TPSA) is 72.9 Å². The van der Waals surface area contributed by atoms with Gasteiger partial charge in [-0.1, -0.05) is 0 Å². The van der Waals surface area contributed by atoms with E-state index in [1.54, 1.807) is 12.5 Å². The number of nitrogens with two attached hydrogens (primary N) is 1. The second-order valence-electron chi connectivity index (χ2n) is 4.03. The standard InChI is InChI=1S/C12H16N4OS/c1-9(17)12-10(13)7-11(18-12)15-3-2-5-16-6-4-14-8-16/h4,6-8,15H,2-3,5,13H2,1H3. The minimum absolute atomic E-state index is 0.0176. The van der Waals surface area contributed by atoms with E-state index in [2.05, 4.69) is 10.3 Å². The second kappa shape index (κ2) is 5.68. The number of nitrogens with one attached hydrogen (secondary N) is 1. The summed E-state index contributed by atoms with van der Waals surface area (Å²) in [6.45, 7) is 3.30. The Kier molecular flexibility index (Phi) is 3.99. The molecule has 2 rings (SSSR count). The third-order valence-electron chi connectivity index (χ3n) is 2.53. The molecule has 0 radical (unpaired) electrons. The van der Waals surface area contributed by atoms with E-state index >= 15 is 0 Å². The van der Waals surface area contributed by atoms with Crippen LogP contribution < -0.4 is 11.1 Å². The molecule has 0 unspecified atom stereocenters. The van der Waals surface area contributed by atoms with Crippen molar-refractivity contribution in [1.29, 1.82) is 0 Å². The van der Waals surface area contributed by atoms with E-state index in [1.165, 1.54) is 18.3 Å². The van der Waals surface area contributed by atoms with E-state index in [-0.39, 0.29) is 5.78 Å². The maximum atomic E-state index is 11.3. The number of Topliss-reactive ketones (excluding diaryl/α,β-unsaturated/α-hetero) is 1. The Morgan fingerprint density at radius 3 is 3.06 bits per heavy atom. The molecule has 0 bridgehead atoms. The molecule has 0 saturated carbocycles. The lowest BCUT2D eigenvalue weighted by atomic mass is 10.3. The molecule has 0 aliphatic rings. The van der Waals surface area contributed by atoms with Crippen molar-refractivity contribution in [2.24, 2.45) is 0 Å². The highest BCUT2D eigenvalue weighted by atomic mass is 32.1. The van der Waals surface area contributed by atoms with E-state index in [0.29, 0.717) is 10.6 Å². The van der Waals surface area contributed by atoms with E-state index in [1.807, 2.05) is 16.8 Å². The molecule has 2 aromatic rings. The average Bonchev–Trinajstić information content (AvgIpc) is 2.94. The van der Waals surface area contributed by atoms with Gasteiger partial charge in [0.2, 0.25) is 0 Å². The van der Waals surface area contributed by atoms with Gasteiger partial charge in [-0.3, -0.25) is 4.79 Å². The highest BCUT2D eigenvalue weighted by Gasteiger charge is 2.09. The molecule has 0 saturated heterocycles. The molecular formula is C12H16N4OS. The smallest absolute Gasteiger partial charge is 0.171 e. The zero-order chi connectivity index (χ0) is 13.0. The molecule has 0 fully saturated rings. The summed E-state index contributed by atoms with van der Waals surface area (Å²) in [4.78, 5) is 15.9. The number of hydrogen-bond acceptors (Lipinski definition) is 5. The van der Waals surface area contributed by atoms with Crippen molar-refractivity contribution in [2.45, 2.75) is 19.9 Å². The highest BCUT2D eigenvalue weighted by Crippen LogP contribution is 2.29. The Morgan fingerprint density at radius 1 is 1.61 bits per heavy atom. The molecule has 6 heteroatoms. The van der Waals surface area contributed by atoms with Gasteiger partial charge in [-0.05, 0) is 12.5 Å². The van der Waals surface area contributed by atoms with Crippen molar-refractivity contribution in [3.8, 4) is 0 Å². The molecule has 0 aliphatic carbocycles. The molecule has 18 heavy (non-hydrogen) atoms. The number of carbonyl (C=O) groups excluding carboxylic acids is 1. The number of anilines is 2. The molecule has 0 aliphatic heterocycles. The number of carbonyl (C=O) groups is 1. The Balaban J connectivity index is 1.80. The van der Waals surface area contributed by atoms with Crippen molar-refractivity contribution >= 4 is 27.8 Å². The second-order valence-corrected chi connectivity index (χ2v) is 5.08. The molecule has 2 heterocycles. The van der Waals surface area contributed by atoms with Crippen LogP contribution in [0.5, 0.6) is 0 Å². The summed E-state index contributed by atoms with van der Waals surface area (Å²) in [5, 5.41) is 4.22. The minimum Gasteiger partial charge on any atom is -0.397 e. The number of imidazole rings is 1. The quantitative estimate of drug-likeness (QED) is 0.620. The number of nitrogens with zero attached hydrogens (tertiary/aromatic N) is 2. The average molecular weight is 264 g/mol. The third-order valence-corrected chi connectivity index (χ3v) is 3.74. The van der Waals surface area contributed by atoms with Crippen LogP contribution in [0.3, 0.4) is 0 Å². The molecule has 2 aromatic heterocycles. The van der Waals surface area contributed by atoms with E-state index < -0.39 is 0 Å². The van der Waals surface area contributed by atoms with Crippen LogP contribution >= 0.6 is 11.3 Å². The van der Waals surface area contributed by atoms with Crippen LogP contribution in [0, 0.1) is 0 Å². The van der Waals surface area contributed by atoms with Crippen LogP contribution in [0.15, 0.2) is 24.8 Å². The van der Waals surface area contributed by atoms with Crippen LogP contribution in [0.25, 0.3) is 0 Å². The number of ketones is 1. The van der Waals surface area contributed by atoms with Crippen molar-refractivity contribution < 1.29 is 4.79 Å². The van der Waals surface area contributed by atoms with Crippen molar-refractivity contribution in [3.63, 3.8) is 0 Å². The molecular weight excluding hydrogens is 248 g/mol. The molecule has 0 aromatic carbocycles. The Hall–Kier alpha value is -1.82. The third kappa shape index (κ3) is 3.10. The van der Waals surface area contributed by atoms with Gasteiger partial charge >= 0.3 is 0 Å². The van der Waals surface area contributed by atoms with Crippen LogP contribution in [-0.4, -0.2) is 21.9 Å². The predicted molar refractivity (Wildman–Crippen MR) is 74.1 cm³/mol. The van der Waals surface area contributed by atoms with Gasteiger partial charge in [0, 0.05) is 32.4 Å². The van der Waals surface area contributed by atoms with E-state index in [4.69, 9.17) is 5.73 Å². The van der Waals surface area contributed by atoms with E-state index in [9.17, 15) is 4.79 Å². The van der Waals surface area contributed by atoms with E-state index in [0.717, 1.165) is 24.5 Å². The molecule has 0 spiro atoms. The zero-order valence-corrected chi connectivity index (χ0v) is 11.0. The van der Waals surface area contributed by atoms with Gasteiger partial charge in [0.1, 0.15) is 0 Å². The largest absolute Gasteiger partial charge is 0.397 e. The lowest BCUT2D eigenvalue weighted by Gasteiger charge is -2.03. The first kappa shape index (κ1) is 12.6. The molecule has 5 nitrogen and oxygen atoms in total. The van der Waals surface area contributed by atoms with Crippen molar-refractivity contribution in [3.05, 3.63) is 29.7 Å². The molecule has 3 N–H and O–H groups in total. The number of aromatic nitrogens is 2. The van der Waals surface area contributed by atoms with Gasteiger partial charge in [0.05, 0.1) is 21.9 Å². The lowest BCUT2D eigenvalue weighted by Crippen LogP contribution is -2.04. The normalized spacial score (nSPS) is 10.5. The summed E-state index contributed by atoms with van der Waals surface area (Å²) in [6, 6.07) is 1.82. The summed E-state index contributed by atoms with van der Waals surface area (Å²) < 4.78 is 2.03. The highest BCUT2D eigenvalue weighted by molar-refractivity contribution is 7.18. The zero-order valence-electron chi connectivity index (χ0n) is 10.2. The first-order valence-electron chi connectivity index (χ1n) is 5.76. The fourth-order valence-electron chi connectivity index (χ4n) is 1.66. The van der Waals surface area contributed by atoms with Crippen LogP contribution in [0.4, 0.5) is 10.7 Å².